The van der Waals surface area contributed by atoms with Crippen LogP contribution in [-0.4, -0.2) is 39.2 Å². The molecule has 4 heteroatoms. The lowest BCUT2D eigenvalue weighted by atomic mass is 9.71. The molecule has 0 aromatic carbocycles. The molecule has 4 rings (SSSR count). The summed E-state index contributed by atoms with van der Waals surface area (Å²) in [5.41, 5.74) is -0.531. The minimum absolute atomic E-state index is 0.0286. The molecular weight excluding hydrogens is 312 g/mol. The monoisotopic (exact) mass is 344 g/mol. The molecule has 25 heavy (non-hydrogen) atoms. The second-order valence-corrected chi connectivity index (χ2v) is 8.69. The summed E-state index contributed by atoms with van der Waals surface area (Å²) < 4.78 is 2.30. The van der Waals surface area contributed by atoms with Gasteiger partial charge in [-0.15, -0.1) is 0 Å². The maximum atomic E-state index is 13.2. The van der Waals surface area contributed by atoms with Gasteiger partial charge in [-0.05, 0) is 44.2 Å². The van der Waals surface area contributed by atoms with Crippen molar-refractivity contribution in [2.75, 3.05) is 13.1 Å². The topological polar surface area (TPSA) is 45.5 Å². The SMILES string of the molecule is O=C(CC1(n2cccc2)CCCCC1)N1CC[C@@]2(O)CCCC[C@H]2C1. The number of nitrogens with zero attached hydrogens (tertiary/aromatic N) is 2. The Morgan fingerprint density at radius 2 is 1.72 bits per heavy atom. The Morgan fingerprint density at radius 1 is 1.00 bits per heavy atom. The van der Waals surface area contributed by atoms with Crippen LogP contribution in [0.15, 0.2) is 24.5 Å². The number of amides is 1. The van der Waals surface area contributed by atoms with Gasteiger partial charge >= 0.3 is 0 Å². The van der Waals surface area contributed by atoms with Crippen LogP contribution in [0.1, 0.15) is 70.6 Å². The molecule has 1 amide bonds. The third kappa shape index (κ3) is 3.25. The summed E-state index contributed by atoms with van der Waals surface area (Å²) in [6.45, 7) is 1.49. The normalized spacial score (nSPS) is 32.2. The highest BCUT2D eigenvalue weighted by molar-refractivity contribution is 5.77. The van der Waals surface area contributed by atoms with Gasteiger partial charge in [0.05, 0.1) is 17.6 Å². The van der Waals surface area contributed by atoms with E-state index in [1.54, 1.807) is 0 Å². The van der Waals surface area contributed by atoms with Gasteiger partial charge in [-0.1, -0.05) is 32.1 Å². The Bertz CT molecular complexity index is 591. The van der Waals surface area contributed by atoms with Crippen molar-refractivity contribution in [2.24, 2.45) is 5.92 Å². The van der Waals surface area contributed by atoms with Gasteiger partial charge in [0.15, 0.2) is 0 Å². The van der Waals surface area contributed by atoms with Crippen molar-refractivity contribution in [1.29, 1.82) is 0 Å². The van der Waals surface area contributed by atoms with E-state index in [4.69, 9.17) is 0 Å². The van der Waals surface area contributed by atoms with E-state index in [1.165, 1.54) is 25.7 Å². The molecule has 138 valence electrons. The van der Waals surface area contributed by atoms with Crippen LogP contribution in [0, 0.1) is 5.92 Å². The minimum atomic E-state index is -0.502. The van der Waals surface area contributed by atoms with E-state index in [1.807, 2.05) is 0 Å². The molecule has 2 aliphatic carbocycles. The first-order valence-electron chi connectivity index (χ1n) is 10.3. The average molecular weight is 344 g/mol. The molecule has 0 bridgehead atoms. The molecule has 4 nitrogen and oxygen atoms in total. The summed E-state index contributed by atoms with van der Waals surface area (Å²) in [5.74, 6) is 0.580. The quantitative estimate of drug-likeness (QED) is 0.909. The van der Waals surface area contributed by atoms with Crippen molar-refractivity contribution >= 4 is 5.91 Å². The standard InChI is InChI=1S/C21H32N2O2/c24-19(22-15-12-21(25)11-5-2-8-18(21)17-22)16-20(9-3-1-4-10-20)23-13-6-7-14-23/h6-7,13-14,18,25H,1-5,8-12,15-17H2/t18-,21-/m0/s1. The minimum Gasteiger partial charge on any atom is -0.389 e. The third-order valence-corrected chi connectivity index (χ3v) is 7.20. The number of rotatable bonds is 3. The molecule has 0 unspecified atom stereocenters. The number of hydrogen-bond acceptors (Lipinski definition) is 2. The molecule has 0 spiro atoms. The zero-order valence-electron chi connectivity index (χ0n) is 15.3. The Balaban J connectivity index is 1.47. The molecule has 3 aliphatic rings. The molecular formula is C21H32N2O2. The van der Waals surface area contributed by atoms with Crippen LogP contribution in [0.25, 0.3) is 0 Å². The summed E-state index contributed by atoms with van der Waals surface area (Å²) >= 11 is 0. The predicted octanol–water partition coefficient (Wildman–Crippen LogP) is 3.69. The first kappa shape index (κ1) is 17.1. The lowest BCUT2D eigenvalue weighted by Gasteiger charge is -2.48. The van der Waals surface area contributed by atoms with E-state index in [-0.39, 0.29) is 11.5 Å². The Morgan fingerprint density at radius 3 is 2.48 bits per heavy atom. The Labute approximate surface area is 151 Å². The maximum Gasteiger partial charge on any atom is 0.224 e. The molecule has 1 aliphatic heterocycles. The van der Waals surface area contributed by atoms with E-state index in [9.17, 15) is 9.90 Å². The molecule has 1 aromatic heterocycles. The van der Waals surface area contributed by atoms with Crippen LogP contribution in [0.5, 0.6) is 0 Å². The summed E-state index contributed by atoms with van der Waals surface area (Å²) in [4.78, 5) is 15.2. The highest BCUT2D eigenvalue weighted by Crippen LogP contribution is 2.42. The molecule has 2 heterocycles. The van der Waals surface area contributed by atoms with Gasteiger partial charge in [-0.25, -0.2) is 0 Å². The van der Waals surface area contributed by atoms with E-state index >= 15 is 0 Å². The number of piperidine rings is 1. The number of hydrogen-bond donors (Lipinski definition) is 1. The fraction of sp³-hybridized carbons (Fsp3) is 0.762. The lowest BCUT2D eigenvalue weighted by molar-refractivity contribution is -0.145. The molecule has 0 radical (unpaired) electrons. The van der Waals surface area contributed by atoms with Gasteiger partial charge in [0, 0.05) is 31.4 Å². The van der Waals surface area contributed by atoms with Gasteiger partial charge < -0.3 is 14.6 Å². The predicted molar refractivity (Wildman–Crippen MR) is 98.2 cm³/mol. The number of fused-ring (bicyclic) bond motifs is 1. The second-order valence-electron chi connectivity index (χ2n) is 8.69. The van der Waals surface area contributed by atoms with Crippen LogP contribution in [0.4, 0.5) is 0 Å². The highest BCUT2D eigenvalue weighted by Gasteiger charge is 2.45. The molecule has 1 aromatic rings. The number of carbonyl (C=O) groups excluding carboxylic acids is 1. The van der Waals surface area contributed by atoms with Crippen molar-refractivity contribution in [3.8, 4) is 0 Å². The summed E-state index contributed by atoms with van der Waals surface area (Å²) in [6, 6.07) is 4.15. The van der Waals surface area contributed by atoms with E-state index in [2.05, 4.69) is 34.0 Å². The number of carbonyl (C=O) groups is 1. The van der Waals surface area contributed by atoms with Crippen LogP contribution in [0.2, 0.25) is 0 Å². The molecule has 3 fully saturated rings. The second kappa shape index (κ2) is 6.79. The third-order valence-electron chi connectivity index (χ3n) is 7.20. The Kier molecular flexibility index (Phi) is 4.65. The van der Waals surface area contributed by atoms with Gasteiger partial charge in [0.2, 0.25) is 5.91 Å². The van der Waals surface area contributed by atoms with Crippen LogP contribution in [0.3, 0.4) is 0 Å². The highest BCUT2D eigenvalue weighted by atomic mass is 16.3. The van der Waals surface area contributed by atoms with E-state index < -0.39 is 5.60 Å². The number of aromatic nitrogens is 1. The van der Waals surface area contributed by atoms with Gasteiger partial charge in [-0.2, -0.15) is 0 Å². The first-order chi connectivity index (χ1) is 12.1. The Hall–Kier alpha value is -1.29. The van der Waals surface area contributed by atoms with Gasteiger partial charge in [0.1, 0.15) is 0 Å². The van der Waals surface area contributed by atoms with Gasteiger partial charge in [0.25, 0.3) is 0 Å². The average Bonchev–Trinajstić information content (AvgIpc) is 3.17. The largest absolute Gasteiger partial charge is 0.389 e. The van der Waals surface area contributed by atoms with Crippen LogP contribution >= 0.6 is 0 Å². The maximum absolute atomic E-state index is 13.2. The van der Waals surface area contributed by atoms with Crippen molar-refractivity contribution in [3.63, 3.8) is 0 Å². The lowest BCUT2D eigenvalue weighted by Crippen LogP contribution is -2.55. The van der Waals surface area contributed by atoms with Gasteiger partial charge in [-0.3, -0.25) is 4.79 Å². The zero-order valence-corrected chi connectivity index (χ0v) is 15.3. The summed E-state index contributed by atoms with van der Waals surface area (Å²) in [6.07, 6.45) is 15.9. The van der Waals surface area contributed by atoms with Crippen molar-refractivity contribution in [3.05, 3.63) is 24.5 Å². The fourth-order valence-corrected chi connectivity index (χ4v) is 5.58. The van der Waals surface area contributed by atoms with Crippen molar-refractivity contribution in [2.45, 2.75) is 81.8 Å². The molecule has 1 saturated heterocycles. The van der Waals surface area contributed by atoms with Crippen LogP contribution < -0.4 is 0 Å². The zero-order chi connectivity index (χ0) is 17.3. The van der Waals surface area contributed by atoms with Crippen molar-refractivity contribution in [1.82, 2.24) is 9.47 Å². The van der Waals surface area contributed by atoms with Crippen molar-refractivity contribution < 1.29 is 9.90 Å². The number of likely N-dealkylation sites (tertiary alicyclic amines) is 1. The van der Waals surface area contributed by atoms with E-state index in [0.29, 0.717) is 12.3 Å². The molecule has 2 atom stereocenters. The van der Waals surface area contributed by atoms with E-state index in [0.717, 1.165) is 51.6 Å². The smallest absolute Gasteiger partial charge is 0.224 e. The first-order valence-corrected chi connectivity index (χ1v) is 10.3. The van der Waals surface area contributed by atoms with Crippen LogP contribution in [-0.2, 0) is 10.3 Å². The summed E-state index contributed by atoms with van der Waals surface area (Å²) in [5, 5.41) is 10.9. The summed E-state index contributed by atoms with van der Waals surface area (Å²) in [7, 11) is 0. The number of aliphatic hydroxyl groups is 1. The fourth-order valence-electron chi connectivity index (χ4n) is 5.58. The molecule has 1 N–H and O–H groups in total. The molecule has 2 saturated carbocycles.